The van der Waals surface area contributed by atoms with Gasteiger partial charge in [0.05, 0.1) is 19.3 Å². The van der Waals surface area contributed by atoms with Gasteiger partial charge in [0.2, 0.25) is 0 Å². The van der Waals surface area contributed by atoms with Crippen molar-refractivity contribution in [2.75, 3.05) is 20.0 Å². The number of phenolic OH excluding ortho intramolecular Hbond substituents is 1. The Labute approximate surface area is 139 Å². The SMILES string of the molecule is CCOC(=O)C1=C(C)NC(SC)=N[C@H]1c1ccc(O)c(OC)c1. The molecule has 7 heteroatoms. The molecule has 0 spiro atoms. The number of nitrogens with zero attached hydrogens (tertiary/aromatic N) is 1. The van der Waals surface area contributed by atoms with E-state index in [1.807, 2.05) is 13.2 Å². The minimum Gasteiger partial charge on any atom is -0.504 e. The number of carbonyl (C=O) groups is 1. The van der Waals surface area contributed by atoms with Crippen LogP contribution in [0, 0.1) is 0 Å². The summed E-state index contributed by atoms with van der Waals surface area (Å²) in [6.07, 6.45) is 1.91. The van der Waals surface area contributed by atoms with Crippen molar-refractivity contribution in [3.63, 3.8) is 0 Å². The Hall–Kier alpha value is -2.15. The van der Waals surface area contributed by atoms with Crippen LogP contribution in [0.15, 0.2) is 34.5 Å². The van der Waals surface area contributed by atoms with Gasteiger partial charge in [0.15, 0.2) is 16.7 Å². The molecular formula is C16H20N2O4S. The van der Waals surface area contributed by atoms with Gasteiger partial charge < -0.3 is 19.9 Å². The topological polar surface area (TPSA) is 80.2 Å². The molecule has 2 N–H and O–H groups in total. The quantitative estimate of drug-likeness (QED) is 0.823. The van der Waals surface area contributed by atoms with E-state index in [-0.39, 0.29) is 5.75 Å². The van der Waals surface area contributed by atoms with E-state index in [9.17, 15) is 9.90 Å². The first kappa shape index (κ1) is 17.2. The molecule has 1 aromatic carbocycles. The third-order valence-electron chi connectivity index (χ3n) is 3.43. The molecule has 0 aliphatic carbocycles. The maximum Gasteiger partial charge on any atom is 0.338 e. The van der Waals surface area contributed by atoms with Gasteiger partial charge in [0.25, 0.3) is 0 Å². The summed E-state index contributed by atoms with van der Waals surface area (Å²) in [5.41, 5.74) is 1.91. The van der Waals surface area contributed by atoms with Crippen LogP contribution in [-0.2, 0) is 9.53 Å². The molecule has 0 aromatic heterocycles. The number of ether oxygens (including phenoxy) is 2. The van der Waals surface area contributed by atoms with Crippen LogP contribution in [-0.4, -0.2) is 36.2 Å². The predicted octanol–water partition coefficient (Wildman–Crippen LogP) is 2.60. The van der Waals surface area contributed by atoms with Crippen LogP contribution in [0.25, 0.3) is 0 Å². The highest BCUT2D eigenvalue weighted by Crippen LogP contribution is 2.36. The van der Waals surface area contributed by atoms with Crippen molar-refractivity contribution in [2.24, 2.45) is 4.99 Å². The number of benzene rings is 1. The minimum atomic E-state index is -0.507. The second kappa shape index (κ2) is 7.41. The second-order valence-electron chi connectivity index (χ2n) is 4.86. The lowest BCUT2D eigenvalue weighted by Gasteiger charge is -2.25. The molecule has 6 nitrogen and oxygen atoms in total. The Morgan fingerprint density at radius 2 is 2.22 bits per heavy atom. The summed E-state index contributed by atoms with van der Waals surface area (Å²) < 4.78 is 10.3. The van der Waals surface area contributed by atoms with E-state index in [1.165, 1.54) is 24.9 Å². The number of hydrogen-bond acceptors (Lipinski definition) is 7. The molecular weight excluding hydrogens is 316 g/mol. The summed E-state index contributed by atoms with van der Waals surface area (Å²) in [5, 5.41) is 13.6. The standard InChI is InChI=1S/C16H20N2O4S/c1-5-22-15(20)13-9(2)17-16(23-4)18-14(13)10-6-7-11(19)12(8-10)21-3/h6-8,14,19H,5H2,1-4H3,(H,17,18)/t14-/m0/s1. The summed E-state index contributed by atoms with van der Waals surface area (Å²) in [4.78, 5) is 16.9. The van der Waals surface area contributed by atoms with Gasteiger partial charge in [-0.05, 0) is 37.8 Å². The van der Waals surface area contributed by atoms with Crippen molar-refractivity contribution in [3.8, 4) is 11.5 Å². The minimum absolute atomic E-state index is 0.0395. The highest BCUT2D eigenvalue weighted by Gasteiger charge is 2.30. The number of rotatable bonds is 4. The van der Waals surface area contributed by atoms with Crippen molar-refractivity contribution in [3.05, 3.63) is 35.0 Å². The highest BCUT2D eigenvalue weighted by atomic mass is 32.2. The van der Waals surface area contributed by atoms with Gasteiger partial charge in [0.1, 0.15) is 6.04 Å². The van der Waals surface area contributed by atoms with Crippen LogP contribution in [0.4, 0.5) is 0 Å². The van der Waals surface area contributed by atoms with Crippen LogP contribution in [0.5, 0.6) is 11.5 Å². The third-order valence-corrected chi connectivity index (χ3v) is 4.02. The maximum absolute atomic E-state index is 12.3. The van der Waals surface area contributed by atoms with Gasteiger partial charge in [-0.25, -0.2) is 9.79 Å². The first-order valence-electron chi connectivity index (χ1n) is 7.15. The number of thioether (sulfide) groups is 1. The molecule has 124 valence electrons. The summed E-state index contributed by atoms with van der Waals surface area (Å²) in [6.45, 7) is 3.88. The average molecular weight is 336 g/mol. The van der Waals surface area contributed by atoms with E-state index in [1.54, 1.807) is 19.1 Å². The maximum atomic E-state index is 12.3. The Bertz CT molecular complexity index is 670. The van der Waals surface area contributed by atoms with Crippen molar-refractivity contribution >= 4 is 22.9 Å². The number of nitrogens with one attached hydrogen (secondary N) is 1. The second-order valence-corrected chi connectivity index (χ2v) is 5.65. The summed E-state index contributed by atoms with van der Waals surface area (Å²) in [6, 6.07) is 4.43. The predicted molar refractivity (Wildman–Crippen MR) is 90.8 cm³/mol. The Morgan fingerprint density at radius 1 is 1.48 bits per heavy atom. The van der Waals surface area contributed by atoms with Gasteiger partial charge >= 0.3 is 5.97 Å². The summed E-state index contributed by atoms with van der Waals surface area (Å²) >= 11 is 1.46. The smallest absolute Gasteiger partial charge is 0.338 e. The third kappa shape index (κ3) is 3.61. The van der Waals surface area contributed by atoms with Crippen LogP contribution < -0.4 is 10.1 Å². The molecule has 1 aromatic rings. The van der Waals surface area contributed by atoms with E-state index < -0.39 is 12.0 Å². The van der Waals surface area contributed by atoms with Crippen molar-refractivity contribution in [2.45, 2.75) is 19.9 Å². The van der Waals surface area contributed by atoms with Gasteiger partial charge in [-0.1, -0.05) is 17.8 Å². The van der Waals surface area contributed by atoms with E-state index in [0.717, 1.165) is 5.56 Å². The van der Waals surface area contributed by atoms with Crippen molar-refractivity contribution in [1.82, 2.24) is 5.32 Å². The number of phenols is 1. The van der Waals surface area contributed by atoms with Crippen LogP contribution in [0.2, 0.25) is 0 Å². The number of carbonyl (C=O) groups excluding carboxylic acids is 1. The number of allylic oxidation sites excluding steroid dienone is 1. The molecule has 1 aliphatic rings. The number of hydrogen-bond donors (Lipinski definition) is 2. The molecule has 1 heterocycles. The molecule has 1 atom stereocenters. The lowest BCUT2D eigenvalue weighted by atomic mass is 9.96. The summed E-state index contributed by atoms with van der Waals surface area (Å²) in [7, 11) is 1.48. The van der Waals surface area contributed by atoms with Gasteiger partial charge in [-0.3, -0.25) is 0 Å². The number of methoxy groups -OCH3 is 1. The zero-order valence-corrected chi connectivity index (χ0v) is 14.4. The van der Waals surface area contributed by atoms with E-state index >= 15 is 0 Å². The monoisotopic (exact) mass is 336 g/mol. The average Bonchev–Trinajstić information content (AvgIpc) is 2.54. The number of esters is 1. The first-order valence-corrected chi connectivity index (χ1v) is 8.37. The van der Waals surface area contributed by atoms with E-state index in [4.69, 9.17) is 9.47 Å². The van der Waals surface area contributed by atoms with Crippen LogP contribution >= 0.6 is 11.8 Å². The highest BCUT2D eigenvalue weighted by molar-refractivity contribution is 8.13. The molecule has 23 heavy (non-hydrogen) atoms. The fourth-order valence-corrected chi connectivity index (χ4v) is 2.80. The van der Waals surface area contributed by atoms with Crippen LogP contribution in [0.3, 0.4) is 0 Å². The zero-order chi connectivity index (χ0) is 17.0. The molecule has 0 fully saturated rings. The Balaban J connectivity index is 2.51. The largest absolute Gasteiger partial charge is 0.504 e. The molecule has 2 rings (SSSR count). The number of amidine groups is 1. The van der Waals surface area contributed by atoms with E-state index in [2.05, 4.69) is 10.3 Å². The van der Waals surface area contributed by atoms with Crippen molar-refractivity contribution in [1.29, 1.82) is 0 Å². The van der Waals surface area contributed by atoms with Gasteiger partial charge in [-0.15, -0.1) is 0 Å². The molecule has 0 amide bonds. The van der Waals surface area contributed by atoms with E-state index in [0.29, 0.717) is 28.8 Å². The normalized spacial score (nSPS) is 17.4. The molecule has 0 radical (unpaired) electrons. The molecule has 1 aliphatic heterocycles. The van der Waals surface area contributed by atoms with Gasteiger partial charge in [-0.2, -0.15) is 0 Å². The zero-order valence-electron chi connectivity index (χ0n) is 13.5. The first-order chi connectivity index (χ1) is 11.0. The molecule has 0 bridgehead atoms. The van der Waals surface area contributed by atoms with Crippen LogP contribution in [0.1, 0.15) is 25.5 Å². The fraction of sp³-hybridized carbons (Fsp3) is 0.375. The molecule has 0 saturated carbocycles. The van der Waals surface area contributed by atoms with Crippen molar-refractivity contribution < 1.29 is 19.4 Å². The Kier molecular flexibility index (Phi) is 5.54. The number of aliphatic imine (C=N–C) groups is 1. The lowest BCUT2D eigenvalue weighted by Crippen LogP contribution is -2.30. The van der Waals surface area contributed by atoms with Gasteiger partial charge in [0, 0.05) is 5.70 Å². The number of aromatic hydroxyl groups is 1. The summed E-state index contributed by atoms with van der Waals surface area (Å²) in [5.74, 6) is -0.0288. The lowest BCUT2D eigenvalue weighted by molar-refractivity contribution is -0.138. The Morgan fingerprint density at radius 3 is 2.83 bits per heavy atom. The fourth-order valence-electron chi connectivity index (χ4n) is 2.33. The molecule has 0 unspecified atom stereocenters. The molecule has 0 saturated heterocycles.